The third-order valence-electron chi connectivity index (χ3n) is 3.23. The van der Waals surface area contributed by atoms with Gasteiger partial charge in [-0.3, -0.25) is 9.59 Å². The lowest BCUT2D eigenvalue weighted by Gasteiger charge is -2.33. The molecule has 1 atom stereocenters. The van der Waals surface area contributed by atoms with E-state index in [0.29, 0.717) is 24.9 Å². The number of alkyl halides is 1. The molecule has 98 valence electrons. The second-order valence-electron chi connectivity index (χ2n) is 4.59. The molecule has 1 aliphatic heterocycles. The average Bonchev–Trinajstić information content (AvgIpc) is 2.30. The first-order valence-corrected chi connectivity index (χ1v) is 6.73. The predicted octanol–water partition coefficient (Wildman–Crippen LogP) is 1.33. The SMILES string of the molecule is CCN1CC(=O)N(CCC(C)CCCl)CC1=O. The van der Waals surface area contributed by atoms with Crippen molar-refractivity contribution in [2.45, 2.75) is 26.7 Å². The van der Waals surface area contributed by atoms with E-state index in [1.807, 2.05) is 6.92 Å². The molecule has 0 aliphatic carbocycles. The highest BCUT2D eigenvalue weighted by atomic mass is 35.5. The van der Waals surface area contributed by atoms with Gasteiger partial charge < -0.3 is 9.80 Å². The molecule has 0 bridgehead atoms. The standard InChI is InChI=1S/C12H21ClN2O2/c1-3-14-8-12(17)15(9-11(14)16)7-5-10(2)4-6-13/h10H,3-9H2,1-2H3. The fraction of sp³-hybridized carbons (Fsp3) is 0.833. The highest BCUT2D eigenvalue weighted by Crippen LogP contribution is 2.12. The maximum Gasteiger partial charge on any atom is 0.242 e. The second-order valence-corrected chi connectivity index (χ2v) is 4.97. The minimum Gasteiger partial charge on any atom is -0.332 e. The molecule has 0 N–H and O–H groups in total. The Morgan fingerprint density at radius 3 is 2.35 bits per heavy atom. The van der Waals surface area contributed by atoms with Gasteiger partial charge in [0.15, 0.2) is 0 Å². The van der Waals surface area contributed by atoms with Gasteiger partial charge in [0.25, 0.3) is 0 Å². The van der Waals surface area contributed by atoms with Crippen LogP contribution in [0.3, 0.4) is 0 Å². The lowest BCUT2D eigenvalue weighted by molar-refractivity contribution is -0.150. The molecule has 5 heteroatoms. The Morgan fingerprint density at radius 1 is 1.18 bits per heavy atom. The minimum atomic E-state index is 0.0529. The molecule has 4 nitrogen and oxygen atoms in total. The van der Waals surface area contributed by atoms with Crippen molar-refractivity contribution in [1.29, 1.82) is 0 Å². The Bertz CT molecular complexity index is 284. The van der Waals surface area contributed by atoms with E-state index in [-0.39, 0.29) is 24.9 Å². The molecule has 1 fully saturated rings. The summed E-state index contributed by atoms with van der Waals surface area (Å²) in [6.45, 7) is 5.76. The Labute approximate surface area is 108 Å². The number of carbonyl (C=O) groups excluding carboxylic acids is 2. The first-order chi connectivity index (χ1) is 8.08. The lowest BCUT2D eigenvalue weighted by Crippen LogP contribution is -2.53. The van der Waals surface area contributed by atoms with Crippen LogP contribution in [-0.4, -0.2) is 53.7 Å². The first kappa shape index (κ1) is 14.3. The maximum absolute atomic E-state index is 11.8. The van der Waals surface area contributed by atoms with Crippen molar-refractivity contribution in [2.75, 3.05) is 32.1 Å². The molecule has 2 amide bonds. The summed E-state index contributed by atoms with van der Waals surface area (Å²) in [5.41, 5.74) is 0. The largest absolute Gasteiger partial charge is 0.332 e. The van der Waals surface area contributed by atoms with Gasteiger partial charge in [0.2, 0.25) is 11.8 Å². The van der Waals surface area contributed by atoms with Crippen LogP contribution in [0.1, 0.15) is 26.7 Å². The third-order valence-corrected chi connectivity index (χ3v) is 3.45. The molecule has 1 rings (SSSR count). The Kier molecular flexibility index (Phi) is 5.75. The van der Waals surface area contributed by atoms with Crippen LogP contribution in [0.25, 0.3) is 0 Å². The molecule has 0 aromatic carbocycles. The van der Waals surface area contributed by atoms with Crippen molar-refractivity contribution in [1.82, 2.24) is 9.80 Å². The maximum atomic E-state index is 11.8. The van der Waals surface area contributed by atoms with Crippen LogP contribution >= 0.6 is 11.6 Å². The van der Waals surface area contributed by atoms with Gasteiger partial charge in [0.1, 0.15) is 0 Å². The minimum absolute atomic E-state index is 0.0529. The van der Waals surface area contributed by atoms with Gasteiger partial charge in [-0.2, -0.15) is 0 Å². The van der Waals surface area contributed by atoms with Gasteiger partial charge in [0, 0.05) is 19.0 Å². The Hall–Kier alpha value is -0.770. The number of carbonyl (C=O) groups is 2. The molecule has 17 heavy (non-hydrogen) atoms. The van der Waals surface area contributed by atoms with Crippen molar-refractivity contribution in [3.8, 4) is 0 Å². The van der Waals surface area contributed by atoms with Gasteiger partial charge >= 0.3 is 0 Å². The van der Waals surface area contributed by atoms with E-state index < -0.39 is 0 Å². The number of nitrogens with zero attached hydrogens (tertiary/aromatic N) is 2. The Balaban J connectivity index is 2.39. The summed E-state index contributed by atoms with van der Waals surface area (Å²) in [6.07, 6.45) is 1.87. The number of likely N-dealkylation sites (N-methyl/N-ethyl adjacent to an activating group) is 1. The van der Waals surface area contributed by atoms with E-state index in [0.717, 1.165) is 12.8 Å². The first-order valence-electron chi connectivity index (χ1n) is 6.20. The lowest BCUT2D eigenvalue weighted by atomic mass is 10.0. The summed E-state index contributed by atoms with van der Waals surface area (Å²) in [4.78, 5) is 26.7. The van der Waals surface area contributed by atoms with Crippen LogP contribution in [0.5, 0.6) is 0 Å². The number of hydrogen-bond donors (Lipinski definition) is 0. The quantitative estimate of drug-likeness (QED) is 0.676. The molecule has 0 spiro atoms. The normalized spacial score (nSPS) is 18.8. The summed E-state index contributed by atoms with van der Waals surface area (Å²) in [7, 11) is 0. The highest BCUT2D eigenvalue weighted by Gasteiger charge is 2.28. The van der Waals surface area contributed by atoms with Crippen molar-refractivity contribution in [3.63, 3.8) is 0 Å². The van der Waals surface area contributed by atoms with Crippen LogP contribution < -0.4 is 0 Å². The zero-order valence-corrected chi connectivity index (χ0v) is 11.4. The van der Waals surface area contributed by atoms with E-state index in [9.17, 15) is 9.59 Å². The fourth-order valence-corrected chi connectivity index (χ4v) is 2.27. The zero-order chi connectivity index (χ0) is 12.8. The van der Waals surface area contributed by atoms with E-state index in [2.05, 4.69) is 6.92 Å². The van der Waals surface area contributed by atoms with Gasteiger partial charge in [0.05, 0.1) is 13.1 Å². The van der Waals surface area contributed by atoms with Gasteiger partial charge in [-0.25, -0.2) is 0 Å². The third kappa shape index (κ3) is 4.19. The Morgan fingerprint density at radius 2 is 1.76 bits per heavy atom. The highest BCUT2D eigenvalue weighted by molar-refractivity contribution is 6.17. The van der Waals surface area contributed by atoms with Crippen LogP contribution in [0.15, 0.2) is 0 Å². The van der Waals surface area contributed by atoms with E-state index >= 15 is 0 Å². The molecule has 0 aromatic rings. The monoisotopic (exact) mass is 260 g/mol. The van der Waals surface area contributed by atoms with Crippen LogP contribution in [0.4, 0.5) is 0 Å². The second kappa shape index (κ2) is 6.84. The molecule has 0 aromatic heterocycles. The number of hydrogen-bond acceptors (Lipinski definition) is 2. The number of halogens is 1. The van der Waals surface area contributed by atoms with Crippen LogP contribution in [0.2, 0.25) is 0 Å². The van der Waals surface area contributed by atoms with E-state index in [4.69, 9.17) is 11.6 Å². The van der Waals surface area contributed by atoms with Crippen molar-refractivity contribution >= 4 is 23.4 Å². The summed E-state index contributed by atoms with van der Waals surface area (Å²) in [5, 5.41) is 0. The predicted molar refractivity (Wildman–Crippen MR) is 68.0 cm³/mol. The van der Waals surface area contributed by atoms with Gasteiger partial charge in [-0.05, 0) is 25.7 Å². The number of piperazine rings is 1. The molecule has 1 saturated heterocycles. The molecule has 1 unspecified atom stereocenters. The molecule has 0 saturated carbocycles. The van der Waals surface area contributed by atoms with E-state index in [1.54, 1.807) is 9.80 Å². The summed E-state index contributed by atoms with van der Waals surface area (Å²) in [5.74, 6) is 1.26. The van der Waals surface area contributed by atoms with E-state index in [1.165, 1.54) is 0 Å². The summed E-state index contributed by atoms with van der Waals surface area (Å²) < 4.78 is 0. The number of amides is 2. The number of rotatable bonds is 6. The van der Waals surface area contributed by atoms with Gasteiger partial charge in [-0.1, -0.05) is 6.92 Å². The van der Waals surface area contributed by atoms with Crippen molar-refractivity contribution < 1.29 is 9.59 Å². The van der Waals surface area contributed by atoms with Crippen molar-refractivity contribution in [2.24, 2.45) is 5.92 Å². The van der Waals surface area contributed by atoms with Gasteiger partial charge in [-0.15, -0.1) is 11.6 Å². The molecule has 0 radical (unpaired) electrons. The van der Waals surface area contributed by atoms with Crippen LogP contribution in [0, 0.1) is 5.92 Å². The van der Waals surface area contributed by atoms with Crippen molar-refractivity contribution in [3.05, 3.63) is 0 Å². The topological polar surface area (TPSA) is 40.6 Å². The zero-order valence-electron chi connectivity index (χ0n) is 10.6. The average molecular weight is 261 g/mol. The smallest absolute Gasteiger partial charge is 0.242 e. The summed E-state index contributed by atoms with van der Waals surface area (Å²) in [6, 6.07) is 0. The molecule has 1 aliphatic rings. The fourth-order valence-electron chi connectivity index (χ4n) is 1.90. The molecular weight excluding hydrogens is 240 g/mol. The molecule has 1 heterocycles. The van der Waals surface area contributed by atoms with Crippen LogP contribution in [-0.2, 0) is 9.59 Å². The summed E-state index contributed by atoms with van der Waals surface area (Å²) >= 11 is 5.67. The molecular formula is C12H21ClN2O2.